The Morgan fingerprint density at radius 1 is 0.348 bits per heavy atom. The molecule has 0 aromatic carbocycles. The third-order valence-electron chi connectivity index (χ3n) is 12.5. The smallest absolute Gasteiger partial charge is 0.306 e. The van der Waals surface area contributed by atoms with Crippen molar-refractivity contribution in [1.82, 2.24) is 0 Å². The van der Waals surface area contributed by atoms with Gasteiger partial charge in [-0.25, -0.2) is 0 Å². The molecule has 0 N–H and O–H groups in total. The van der Waals surface area contributed by atoms with Gasteiger partial charge in [-0.05, 0) is 77.0 Å². The van der Waals surface area contributed by atoms with Crippen LogP contribution in [0.15, 0.2) is 60.8 Å². The standard InChI is InChI=1S/C61H110O5/c1-4-7-10-13-16-19-22-25-27-29-31-32-34-37-39-42-45-48-51-54-60(62)65-58-59(66-61(63)55-52-49-46-43-40-36-24-21-18-15-12-9-6-3)57-64-56-53-50-47-44-41-38-35-33-30-28-26-23-20-17-14-11-8-5-2/h8,11-12,15,17,20-21,24,26,28,59H,4-7,9-10,13-14,16,18-19,22-23,25,27,29-58H2,1-3H3/b11-8-,15-12-,20-17-,24-21-,28-26-. The van der Waals surface area contributed by atoms with Gasteiger partial charge in [0.25, 0.3) is 0 Å². The number of hydrogen-bond donors (Lipinski definition) is 0. The van der Waals surface area contributed by atoms with Crippen LogP contribution in [0.1, 0.15) is 290 Å². The first kappa shape index (κ1) is 63.6. The van der Waals surface area contributed by atoms with Crippen molar-refractivity contribution in [2.75, 3.05) is 19.8 Å². The Morgan fingerprint density at radius 2 is 0.712 bits per heavy atom. The molecule has 5 heteroatoms. The lowest BCUT2D eigenvalue weighted by molar-refractivity contribution is -0.163. The molecular weight excluding hydrogens is 813 g/mol. The number of carbonyl (C=O) groups is 2. The van der Waals surface area contributed by atoms with E-state index in [1.165, 1.54) is 180 Å². The van der Waals surface area contributed by atoms with Crippen LogP contribution in [0.5, 0.6) is 0 Å². The Labute approximate surface area is 411 Å². The summed E-state index contributed by atoms with van der Waals surface area (Å²) in [4.78, 5) is 25.5. The molecule has 0 aliphatic rings. The molecule has 1 unspecified atom stereocenters. The molecule has 0 heterocycles. The fourth-order valence-electron chi connectivity index (χ4n) is 8.27. The van der Waals surface area contributed by atoms with Gasteiger partial charge in [0.1, 0.15) is 6.61 Å². The number of rotatable bonds is 53. The Hall–Kier alpha value is -2.40. The minimum absolute atomic E-state index is 0.0788. The van der Waals surface area contributed by atoms with Crippen LogP contribution in [0.2, 0.25) is 0 Å². The molecule has 0 aromatic rings. The van der Waals surface area contributed by atoms with Crippen molar-refractivity contribution < 1.29 is 23.8 Å². The summed E-state index contributed by atoms with van der Waals surface area (Å²) in [6, 6.07) is 0. The molecule has 0 amide bonds. The lowest BCUT2D eigenvalue weighted by atomic mass is 10.0. The average molecular weight is 924 g/mol. The van der Waals surface area contributed by atoms with E-state index in [9.17, 15) is 9.59 Å². The van der Waals surface area contributed by atoms with Crippen LogP contribution in [-0.4, -0.2) is 37.9 Å². The summed E-state index contributed by atoms with van der Waals surface area (Å²) in [5, 5.41) is 0. The molecular formula is C61H110O5. The zero-order valence-corrected chi connectivity index (χ0v) is 44.2. The highest BCUT2D eigenvalue weighted by atomic mass is 16.6. The van der Waals surface area contributed by atoms with Gasteiger partial charge in [-0.2, -0.15) is 0 Å². The van der Waals surface area contributed by atoms with Crippen LogP contribution in [0, 0.1) is 0 Å². The minimum Gasteiger partial charge on any atom is -0.462 e. The molecule has 0 saturated carbocycles. The molecule has 0 aliphatic carbocycles. The molecule has 0 fully saturated rings. The van der Waals surface area contributed by atoms with Gasteiger partial charge < -0.3 is 14.2 Å². The molecule has 0 aliphatic heterocycles. The third kappa shape index (κ3) is 54.2. The van der Waals surface area contributed by atoms with Gasteiger partial charge in [-0.1, -0.05) is 261 Å². The van der Waals surface area contributed by atoms with E-state index in [1.54, 1.807) is 0 Å². The number of hydrogen-bond acceptors (Lipinski definition) is 5. The first-order chi connectivity index (χ1) is 32.6. The van der Waals surface area contributed by atoms with Crippen LogP contribution in [-0.2, 0) is 23.8 Å². The van der Waals surface area contributed by atoms with E-state index in [0.29, 0.717) is 19.4 Å². The van der Waals surface area contributed by atoms with E-state index >= 15 is 0 Å². The number of carbonyl (C=O) groups excluding carboxylic acids is 2. The van der Waals surface area contributed by atoms with Crippen molar-refractivity contribution in [3.63, 3.8) is 0 Å². The van der Waals surface area contributed by atoms with E-state index in [0.717, 1.165) is 77.0 Å². The Kier molecular flexibility index (Phi) is 54.9. The zero-order valence-electron chi connectivity index (χ0n) is 44.2. The second kappa shape index (κ2) is 56.9. The highest BCUT2D eigenvalue weighted by Crippen LogP contribution is 2.16. The van der Waals surface area contributed by atoms with Crippen LogP contribution in [0.3, 0.4) is 0 Å². The molecule has 0 aromatic heterocycles. The van der Waals surface area contributed by atoms with E-state index < -0.39 is 6.10 Å². The van der Waals surface area contributed by atoms with Crippen LogP contribution in [0.25, 0.3) is 0 Å². The Bertz CT molecular complexity index is 1130. The maximum absolute atomic E-state index is 12.8. The molecule has 1 atom stereocenters. The molecule has 5 nitrogen and oxygen atoms in total. The summed E-state index contributed by atoms with van der Waals surface area (Å²) in [5.41, 5.74) is 0. The lowest BCUT2D eigenvalue weighted by Crippen LogP contribution is -2.30. The first-order valence-corrected chi connectivity index (χ1v) is 28.8. The Balaban J connectivity index is 4.23. The normalized spacial score (nSPS) is 12.6. The van der Waals surface area contributed by atoms with E-state index in [-0.39, 0.29) is 25.2 Å². The number of unbranched alkanes of at least 4 members (excludes halogenated alkanes) is 32. The van der Waals surface area contributed by atoms with Crippen LogP contribution < -0.4 is 0 Å². The molecule has 384 valence electrons. The quantitative estimate of drug-likeness (QED) is 0.0346. The van der Waals surface area contributed by atoms with Gasteiger partial charge >= 0.3 is 11.9 Å². The highest BCUT2D eigenvalue weighted by molar-refractivity contribution is 5.70. The van der Waals surface area contributed by atoms with Crippen molar-refractivity contribution in [3.8, 4) is 0 Å². The van der Waals surface area contributed by atoms with Gasteiger partial charge in [-0.3, -0.25) is 9.59 Å². The third-order valence-corrected chi connectivity index (χ3v) is 12.5. The lowest BCUT2D eigenvalue weighted by Gasteiger charge is -2.18. The van der Waals surface area contributed by atoms with Crippen molar-refractivity contribution in [2.24, 2.45) is 0 Å². The van der Waals surface area contributed by atoms with Gasteiger partial charge in [0.05, 0.1) is 6.61 Å². The maximum Gasteiger partial charge on any atom is 0.306 e. The first-order valence-electron chi connectivity index (χ1n) is 28.8. The molecule has 0 rings (SSSR count). The number of ether oxygens (including phenoxy) is 3. The van der Waals surface area contributed by atoms with Gasteiger partial charge in [0, 0.05) is 19.4 Å². The largest absolute Gasteiger partial charge is 0.462 e. The second-order valence-electron chi connectivity index (χ2n) is 19.2. The Morgan fingerprint density at radius 3 is 1.15 bits per heavy atom. The van der Waals surface area contributed by atoms with E-state index in [1.807, 2.05) is 0 Å². The number of allylic oxidation sites excluding steroid dienone is 10. The zero-order chi connectivity index (χ0) is 47.7. The van der Waals surface area contributed by atoms with Gasteiger partial charge in [0.15, 0.2) is 6.10 Å². The molecule has 0 bridgehead atoms. The molecule has 66 heavy (non-hydrogen) atoms. The van der Waals surface area contributed by atoms with E-state index in [4.69, 9.17) is 14.2 Å². The predicted octanol–water partition coefficient (Wildman–Crippen LogP) is 19.7. The summed E-state index contributed by atoms with van der Waals surface area (Å²) in [7, 11) is 0. The summed E-state index contributed by atoms with van der Waals surface area (Å²) < 4.78 is 17.5. The summed E-state index contributed by atoms with van der Waals surface area (Å²) >= 11 is 0. The van der Waals surface area contributed by atoms with Gasteiger partial charge in [0.2, 0.25) is 0 Å². The number of esters is 2. The monoisotopic (exact) mass is 923 g/mol. The second-order valence-corrected chi connectivity index (χ2v) is 19.2. The topological polar surface area (TPSA) is 61.8 Å². The average Bonchev–Trinajstić information content (AvgIpc) is 3.32. The summed E-state index contributed by atoms with van der Waals surface area (Å²) in [6.45, 7) is 7.67. The van der Waals surface area contributed by atoms with Crippen molar-refractivity contribution in [1.29, 1.82) is 0 Å². The molecule has 0 saturated heterocycles. The highest BCUT2D eigenvalue weighted by Gasteiger charge is 2.17. The van der Waals surface area contributed by atoms with Crippen molar-refractivity contribution in [2.45, 2.75) is 297 Å². The SMILES string of the molecule is CC/C=C\C/C=C\C/C=C\CCCCCCCCCCOCC(COC(=O)CCCCCCCCCCCCCCCCCCCCC)OC(=O)CCCCCCC/C=C\C/C=C\CCC. The minimum atomic E-state index is -0.547. The van der Waals surface area contributed by atoms with Crippen LogP contribution >= 0.6 is 0 Å². The molecule has 0 radical (unpaired) electrons. The molecule has 0 spiro atoms. The summed E-state index contributed by atoms with van der Waals surface area (Å²) in [6.07, 6.45) is 72.4. The maximum atomic E-state index is 12.8. The fraction of sp³-hybridized carbons (Fsp3) is 0.803. The van der Waals surface area contributed by atoms with Crippen molar-refractivity contribution >= 4 is 11.9 Å². The fourth-order valence-corrected chi connectivity index (χ4v) is 8.27. The van der Waals surface area contributed by atoms with Crippen molar-refractivity contribution in [3.05, 3.63) is 60.8 Å². The van der Waals surface area contributed by atoms with Gasteiger partial charge in [-0.15, -0.1) is 0 Å². The summed E-state index contributed by atoms with van der Waals surface area (Å²) in [5.74, 6) is -0.405. The van der Waals surface area contributed by atoms with Crippen LogP contribution in [0.4, 0.5) is 0 Å². The predicted molar refractivity (Wildman–Crippen MR) is 288 cm³/mol. The van der Waals surface area contributed by atoms with E-state index in [2.05, 4.69) is 81.5 Å².